The number of fused-ring (bicyclic) bond motifs is 2. The Hall–Kier alpha value is -3.15. The molecule has 2 fully saturated rings. The van der Waals surface area contributed by atoms with Gasteiger partial charge in [-0.05, 0) is 36.1 Å². The van der Waals surface area contributed by atoms with Crippen molar-refractivity contribution >= 4 is 23.4 Å². The van der Waals surface area contributed by atoms with Gasteiger partial charge in [-0.2, -0.15) is 0 Å². The van der Waals surface area contributed by atoms with E-state index in [2.05, 4.69) is 5.32 Å². The average molecular weight is 403 g/mol. The molecule has 30 heavy (non-hydrogen) atoms. The van der Waals surface area contributed by atoms with Gasteiger partial charge in [-0.25, -0.2) is 0 Å². The molecular formula is C24H25N3O3. The van der Waals surface area contributed by atoms with Crippen LogP contribution in [0.15, 0.2) is 48.5 Å². The topological polar surface area (TPSA) is 69.7 Å². The fourth-order valence-electron chi connectivity index (χ4n) is 4.89. The molecule has 2 aliphatic heterocycles. The Labute approximate surface area is 175 Å². The van der Waals surface area contributed by atoms with Crippen molar-refractivity contribution < 1.29 is 14.4 Å². The van der Waals surface area contributed by atoms with E-state index in [0.717, 1.165) is 36.8 Å². The Morgan fingerprint density at radius 1 is 0.933 bits per heavy atom. The molecular weight excluding hydrogens is 378 g/mol. The summed E-state index contributed by atoms with van der Waals surface area (Å²) in [6, 6.07) is 14.8. The Balaban J connectivity index is 1.42. The van der Waals surface area contributed by atoms with Crippen LogP contribution < -0.4 is 5.32 Å². The fraction of sp³-hybridized carbons (Fsp3) is 0.375. The van der Waals surface area contributed by atoms with Gasteiger partial charge in [-0.1, -0.05) is 49.2 Å². The minimum Gasteiger partial charge on any atom is -0.338 e. The van der Waals surface area contributed by atoms with Crippen LogP contribution in [0, 0.1) is 5.92 Å². The van der Waals surface area contributed by atoms with Gasteiger partial charge in [0.1, 0.15) is 6.04 Å². The minimum atomic E-state index is -0.649. The molecule has 2 aromatic carbocycles. The standard InChI is InChI=1S/C24H25N3O3/c28-22-21-15-26(23(29)17-8-4-5-9-17)12-13-27(21)24(30)19-14-18(10-11-20(19)25-22)16-6-2-1-3-7-16/h1-3,6-7,10-11,14,17,21H,4-5,8-9,12-13,15H2,(H,25,28). The molecule has 1 aliphatic carbocycles. The van der Waals surface area contributed by atoms with E-state index in [4.69, 9.17) is 0 Å². The number of hydrogen-bond acceptors (Lipinski definition) is 3. The van der Waals surface area contributed by atoms with Crippen molar-refractivity contribution in [2.75, 3.05) is 25.0 Å². The van der Waals surface area contributed by atoms with Gasteiger partial charge in [-0.15, -0.1) is 0 Å². The van der Waals surface area contributed by atoms with E-state index < -0.39 is 6.04 Å². The minimum absolute atomic E-state index is 0.0757. The summed E-state index contributed by atoms with van der Waals surface area (Å²) in [5.74, 6) is -0.162. The number of carbonyl (C=O) groups excluding carboxylic acids is 3. The molecule has 5 rings (SSSR count). The first-order valence-corrected chi connectivity index (χ1v) is 10.7. The summed E-state index contributed by atoms with van der Waals surface area (Å²) in [6.45, 7) is 1.13. The lowest BCUT2D eigenvalue weighted by Crippen LogP contribution is -2.60. The van der Waals surface area contributed by atoms with Gasteiger partial charge < -0.3 is 15.1 Å². The summed E-state index contributed by atoms with van der Waals surface area (Å²) in [6.07, 6.45) is 4.06. The van der Waals surface area contributed by atoms with Gasteiger partial charge in [0.25, 0.3) is 5.91 Å². The zero-order valence-electron chi connectivity index (χ0n) is 16.8. The molecule has 1 unspecified atom stereocenters. The summed E-state index contributed by atoms with van der Waals surface area (Å²) in [4.78, 5) is 42.6. The van der Waals surface area contributed by atoms with Gasteiger partial charge in [-0.3, -0.25) is 14.4 Å². The van der Waals surface area contributed by atoms with Gasteiger partial charge >= 0.3 is 0 Å². The lowest BCUT2D eigenvalue weighted by atomic mass is 10.0. The van der Waals surface area contributed by atoms with Crippen LogP contribution in [0.4, 0.5) is 5.69 Å². The van der Waals surface area contributed by atoms with E-state index in [1.165, 1.54) is 0 Å². The maximum absolute atomic E-state index is 13.4. The second kappa shape index (κ2) is 7.59. The summed E-state index contributed by atoms with van der Waals surface area (Å²) in [5.41, 5.74) is 2.99. The molecule has 0 aromatic heterocycles. The van der Waals surface area contributed by atoms with E-state index in [-0.39, 0.29) is 30.2 Å². The normalized spacial score (nSPS) is 21.7. The van der Waals surface area contributed by atoms with Crippen molar-refractivity contribution in [3.8, 4) is 11.1 Å². The number of piperazine rings is 1. The zero-order chi connectivity index (χ0) is 20.7. The van der Waals surface area contributed by atoms with Crippen LogP contribution in [0.1, 0.15) is 36.0 Å². The molecule has 2 heterocycles. The molecule has 1 N–H and O–H groups in total. The quantitative estimate of drug-likeness (QED) is 0.838. The first-order valence-electron chi connectivity index (χ1n) is 10.7. The Bertz CT molecular complexity index is 998. The highest BCUT2D eigenvalue weighted by Gasteiger charge is 2.41. The molecule has 6 heteroatoms. The van der Waals surface area contributed by atoms with E-state index >= 15 is 0 Å². The van der Waals surface area contributed by atoms with Crippen LogP contribution in [0.2, 0.25) is 0 Å². The second-order valence-corrected chi connectivity index (χ2v) is 8.40. The van der Waals surface area contributed by atoms with Crippen LogP contribution in [0.3, 0.4) is 0 Å². The van der Waals surface area contributed by atoms with Crippen molar-refractivity contribution in [1.82, 2.24) is 9.80 Å². The summed E-state index contributed by atoms with van der Waals surface area (Å²) < 4.78 is 0. The highest BCUT2D eigenvalue weighted by molar-refractivity contribution is 6.10. The monoisotopic (exact) mass is 403 g/mol. The summed E-state index contributed by atoms with van der Waals surface area (Å²) in [5, 5.41) is 2.92. The molecule has 3 amide bonds. The van der Waals surface area contributed by atoms with Crippen molar-refractivity contribution in [3.05, 3.63) is 54.1 Å². The van der Waals surface area contributed by atoms with Crippen LogP contribution in [0.25, 0.3) is 11.1 Å². The van der Waals surface area contributed by atoms with Gasteiger partial charge in [0, 0.05) is 19.0 Å². The number of hydrogen-bond donors (Lipinski definition) is 1. The van der Waals surface area contributed by atoms with Crippen molar-refractivity contribution in [1.29, 1.82) is 0 Å². The molecule has 6 nitrogen and oxygen atoms in total. The molecule has 1 atom stereocenters. The van der Waals surface area contributed by atoms with Crippen molar-refractivity contribution in [2.45, 2.75) is 31.7 Å². The molecule has 2 aromatic rings. The van der Waals surface area contributed by atoms with Crippen LogP contribution >= 0.6 is 0 Å². The van der Waals surface area contributed by atoms with E-state index in [1.54, 1.807) is 15.9 Å². The highest BCUT2D eigenvalue weighted by atomic mass is 16.2. The van der Waals surface area contributed by atoms with Crippen molar-refractivity contribution in [3.63, 3.8) is 0 Å². The number of benzene rings is 2. The molecule has 0 spiro atoms. The van der Waals surface area contributed by atoms with Crippen LogP contribution in [0.5, 0.6) is 0 Å². The predicted molar refractivity (Wildman–Crippen MR) is 114 cm³/mol. The molecule has 1 saturated heterocycles. The van der Waals surface area contributed by atoms with Crippen LogP contribution in [-0.4, -0.2) is 53.2 Å². The number of nitrogens with one attached hydrogen (secondary N) is 1. The first kappa shape index (κ1) is 18.9. The Kier molecular flexibility index (Phi) is 4.77. The van der Waals surface area contributed by atoms with E-state index in [0.29, 0.717) is 24.3 Å². The van der Waals surface area contributed by atoms with Gasteiger partial charge in [0.2, 0.25) is 11.8 Å². The molecule has 3 aliphatic rings. The number of nitrogens with zero attached hydrogens (tertiary/aromatic N) is 2. The van der Waals surface area contributed by atoms with E-state index in [9.17, 15) is 14.4 Å². The van der Waals surface area contributed by atoms with Crippen molar-refractivity contribution in [2.24, 2.45) is 5.92 Å². The second-order valence-electron chi connectivity index (χ2n) is 8.40. The number of rotatable bonds is 2. The summed E-state index contributed by atoms with van der Waals surface area (Å²) >= 11 is 0. The Morgan fingerprint density at radius 3 is 2.47 bits per heavy atom. The predicted octanol–water partition coefficient (Wildman–Crippen LogP) is 3.15. The number of carbonyl (C=O) groups is 3. The molecule has 154 valence electrons. The number of anilines is 1. The molecule has 1 saturated carbocycles. The largest absolute Gasteiger partial charge is 0.338 e. The smallest absolute Gasteiger partial charge is 0.256 e. The maximum atomic E-state index is 13.4. The highest BCUT2D eigenvalue weighted by Crippen LogP contribution is 2.31. The lowest BCUT2D eigenvalue weighted by Gasteiger charge is -2.40. The molecule has 0 bridgehead atoms. The zero-order valence-corrected chi connectivity index (χ0v) is 16.8. The van der Waals surface area contributed by atoms with Gasteiger partial charge in [0.15, 0.2) is 0 Å². The third kappa shape index (κ3) is 3.26. The number of amides is 3. The SMILES string of the molecule is O=C1Nc2ccc(-c3ccccc3)cc2C(=O)N2CCN(C(=O)C3CCCC3)CC12. The average Bonchev–Trinajstić information content (AvgIpc) is 3.30. The third-order valence-electron chi connectivity index (χ3n) is 6.57. The van der Waals surface area contributed by atoms with Crippen LogP contribution in [-0.2, 0) is 9.59 Å². The first-order chi connectivity index (χ1) is 14.6. The summed E-state index contributed by atoms with van der Waals surface area (Å²) in [7, 11) is 0. The third-order valence-corrected chi connectivity index (χ3v) is 6.57. The van der Waals surface area contributed by atoms with E-state index in [1.807, 2.05) is 42.5 Å². The lowest BCUT2D eigenvalue weighted by molar-refractivity contribution is -0.139. The van der Waals surface area contributed by atoms with Gasteiger partial charge in [0.05, 0.1) is 17.8 Å². The maximum Gasteiger partial charge on any atom is 0.256 e. The Morgan fingerprint density at radius 2 is 1.70 bits per heavy atom. The molecule has 0 radical (unpaired) electrons. The fourth-order valence-corrected chi connectivity index (χ4v) is 4.89.